The van der Waals surface area contributed by atoms with Gasteiger partial charge in [-0.05, 0) is 39.7 Å². The van der Waals surface area contributed by atoms with Crippen molar-refractivity contribution in [1.29, 1.82) is 0 Å². The van der Waals surface area contributed by atoms with Crippen molar-refractivity contribution in [1.82, 2.24) is 4.90 Å². The Morgan fingerprint density at radius 2 is 1.76 bits per heavy atom. The van der Waals surface area contributed by atoms with E-state index in [9.17, 15) is 22.4 Å². The summed E-state index contributed by atoms with van der Waals surface area (Å²) in [6.07, 6.45) is 0.446. The van der Waals surface area contributed by atoms with Crippen LogP contribution in [0.1, 0.15) is 33.6 Å². The molecule has 0 aliphatic carbocycles. The lowest BCUT2D eigenvalue weighted by molar-refractivity contribution is -0.120. The highest BCUT2D eigenvalue weighted by Gasteiger charge is 2.39. The van der Waals surface area contributed by atoms with E-state index in [0.717, 1.165) is 14.7 Å². The number of amides is 2. The van der Waals surface area contributed by atoms with Gasteiger partial charge in [-0.2, -0.15) is 8.42 Å². The molecule has 29 heavy (non-hydrogen) atoms. The third kappa shape index (κ3) is 3.83. The van der Waals surface area contributed by atoms with Gasteiger partial charge in [0.25, 0.3) is 0 Å². The summed E-state index contributed by atoms with van der Waals surface area (Å²) >= 11 is 0. The highest BCUT2D eigenvalue weighted by Crippen LogP contribution is 2.41. The number of hydrogen-bond donors (Lipinski definition) is 1. The number of ether oxygens (including phenoxy) is 1. The van der Waals surface area contributed by atoms with Crippen LogP contribution in [-0.4, -0.2) is 57.6 Å². The fourth-order valence-electron chi connectivity index (χ4n) is 3.38. The van der Waals surface area contributed by atoms with E-state index in [0.29, 0.717) is 19.4 Å². The van der Waals surface area contributed by atoms with Gasteiger partial charge in [0.2, 0.25) is 5.91 Å². The highest BCUT2D eigenvalue weighted by molar-refractivity contribution is 7.94. The lowest BCUT2D eigenvalue weighted by atomic mass is 10.1. The molecular formula is C18H25FN4O5S. The minimum absolute atomic E-state index is 0.151. The fraction of sp³-hybridized carbons (Fsp3) is 0.556. The van der Waals surface area contributed by atoms with Crippen LogP contribution in [0, 0.1) is 5.82 Å². The maximum absolute atomic E-state index is 14.6. The molecule has 1 atom stereocenters. The van der Waals surface area contributed by atoms with Crippen molar-refractivity contribution in [2.45, 2.75) is 45.3 Å². The molecule has 1 N–H and O–H groups in total. The van der Waals surface area contributed by atoms with Crippen molar-refractivity contribution < 1.29 is 27.1 Å². The van der Waals surface area contributed by atoms with E-state index in [1.807, 2.05) is 0 Å². The lowest BCUT2D eigenvalue weighted by Crippen LogP contribution is -2.45. The summed E-state index contributed by atoms with van der Waals surface area (Å²) in [4.78, 5) is 26.5. The van der Waals surface area contributed by atoms with E-state index in [1.165, 1.54) is 25.1 Å². The number of nitrogens with one attached hydrogen (secondary N) is 1. The number of halogens is 1. The first-order chi connectivity index (χ1) is 13.3. The monoisotopic (exact) mass is 428 g/mol. The van der Waals surface area contributed by atoms with Gasteiger partial charge in [0.05, 0.1) is 17.1 Å². The molecular weight excluding hydrogens is 403 g/mol. The highest BCUT2D eigenvalue weighted by atomic mass is 32.2. The Morgan fingerprint density at radius 1 is 1.17 bits per heavy atom. The summed E-state index contributed by atoms with van der Waals surface area (Å²) in [6, 6.07) is 1.55. The third-order valence-electron chi connectivity index (χ3n) is 4.88. The largest absolute Gasteiger partial charge is 0.444 e. The van der Waals surface area contributed by atoms with Crippen molar-refractivity contribution >= 4 is 39.3 Å². The number of benzene rings is 1. The van der Waals surface area contributed by atoms with Crippen LogP contribution in [0.2, 0.25) is 0 Å². The molecule has 0 spiro atoms. The van der Waals surface area contributed by atoms with Gasteiger partial charge in [-0.25, -0.2) is 9.18 Å². The van der Waals surface area contributed by atoms with Gasteiger partial charge in [0, 0.05) is 26.7 Å². The maximum Gasteiger partial charge on any atom is 0.410 e. The van der Waals surface area contributed by atoms with Crippen LogP contribution >= 0.6 is 0 Å². The molecule has 3 rings (SSSR count). The molecule has 1 fully saturated rings. The SMILES string of the molecule is CN1c2cc(F)c(NC(=O)[C@H]3CCCN3C(=O)OC(C)(C)C)cc2N(C)S1(=O)=O. The van der Waals surface area contributed by atoms with Crippen LogP contribution in [0.25, 0.3) is 0 Å². The molecule has 9 nitrogen and oxygen atoms in total. The van der Waals surface area contributed by atoms with Gasteiger partial charge in [-0.15, -0.1) is 0 Å². The predicted octanol–water partition coefficient (Wildman–Crippen LogP) is 2.29. The van der Waals surface area contributed by atoms with Crippen molar-refractivity contribution in [2.24, 2.45) is 0 Å². The van der Waals surface area contributed by atoms with E-state index < -0.39 is 39.7 Å². The number of nitrogens with zero attached hydrogens (tertiary/aromatic N) is 3. The number of fused-ring (bicyclic) bond motifs is 1. The van der Waals surface area contributed by atoms with E-state index >= 15 is 0 Å². The van der Waals surface area contributed by atoms with Gasteiger partial charge >= 0.3 is 16.3 Å². The Kier molecular flexibility index (Phi) is 5.14. The molecule has 1 saturated heterocycles. The van der Waals surface area contributed by atoms with Gasteiger partial charge in [0.15, 0.2) is 0 Å². The van der Waals surface area contributed by atoms with Crippen molar-refractivity contribution in [3.05, 3.63) is 17.9 Å². The van der Waals surface area contributed by atoms with E-state index in [2.05, 4.69) is 5.32 Å². The Bertz CT molecular complexity index is 960. The fourth-order valence-corrected chi connectivity index (χ4v) is 4.54. The lowest BCUT2D eigenvalue weighted by Gasteiger charge is -2.28. The normalized spacial score (nSPS) is 20.6. The molecule has 0 bridgehead atoms. The zero-order chi connectivity index (χ0) is 21.7. The molecule has 0 radical (unpaired) electrons. The average molecular weight is 428 g/mol. The number of hydrogen-bond acceptors (Lipinski definition) is 5. The third-order valence-corrected chi connectivity index (χ3v) is 6.65. The van der Waals surface area contributed by atoms with Crippen molar-refractivity contribution in [2.75, 3.05) is 34.6 Å². The Labute approximate surface area is 169 Å². The molecule has 160 valence electrons. The number of rotatable bonds is 2. The summed E-state index contributed by atoms with van der Waals surface area (Å²) < 4.78 is 46.3. The van der Waals surface area contributed by atoms with E-state index in [1.54, 1.807) is 20.8 Å². The van der Waals surface area contributed by atoms with E-state index in [-0.39, 0.29) is 17.1 Å². The second-order valence-corrected chi connectivity index (χ2v) is 10.1. The molecule has 2 heterocycles. The smallest absolute Gasteiger partial charge is 0.410 e. The molecule has 1 aromatic carbocycles. The number of likely N-dealkylation sites (tertiary alicyclic amines) is 1. The average Bonchev–Trinajstić information content (AvgIpc) is 3.15. The summed E-state index contributed by atoms with van der Waals surface area (Å²) in [5.41, 5.74) is -0.421. The molecule has 2 aliphatic rings. The maximum atomic E-state index is 14.6. The number of anilines is 3. The van der Waals surface area contributed by atoms with Crippen molar-refractivity contribution in [3.63, 3.8) is 0 Å². The number of carbonyl (C=O) groups excluding carboxylic acids is 2. The first-order valence-corrected chi connectivity index (χ1v) is 10.6. The van der Waals surface area contributed by atoms with E-state index in [4.69, 9.17) is 4.74 Å². The first-order valence-electron chi connectivity index (χ1n) is 9.20. The second-order valence-electron chi connectivity index (χ2n) is 8.08. The van der Waals surface area contributed by atoms with Crippen LogP contribution in [0.5, 0.6) is 0 Å². The van der Waals surface area contributed by atoms with Crippen LogP contribution < -0.4 is 13.9 Å². The summed E-state index contributed by atoms with van der Waals surface area (Å²) in [5, 5.41) is 2.49. The quantitative estimate of drug-likeness (QED) is 0.779. The summed E-state index contributed by atoms with van der Waals surface area (Å²) in [5.74, 6) is -1.32. The van der Waals surface area contributed by atoms with Gasteiger partial charge in [-0.1, -0.05) is 0 Å². The molecule has 0 unspecified atom stereocenters. The molecule has 11 heteroatoms. The summed E-state index contributed by atoms with van der Waals surface area (Å²) in [6.45, 7) is 5.57. The minimum atomic E-state index is -3.76. The minimum Gasteiger partial charge on any atom is -0.444 e. The van der Waals surface area contributed by atoms with Crippen molar-refractivity contribution in [3.8, 4) is 0 Å². The molecule has 0 aromatic heterocycles. The predicted molar refractivity (Wildman–Crippen MR) is 107 cm³/mol. The second kappa shape index (κ2) is 7.05. The van der Waals surface area contributed by atoms with Crippen LogP contribution in [0.15, 0.2) is 12.1 Å². The Morgan fingerprint density at radius 3 is 2.34 bits per heavy atom. The number of carbonyl (C=O) groups is 2. The van der Waals surface area contributed by atoms with Crippen LogP contribution in [-0.2, 0) is 19.7 Å². The molecule has 0 saturated carbocycles. The summed E-state index contributed by atoms with van der Waals surface area (Å²) in [7, 11) is -1.08. The Hall–Kier alpha value is -2.56. The molecule has 2 aliphatic heterocycles. The molecule has 1 aromatic rings. The van der Waals surface area contributed by atoms with Gasteiger partial charge < -0.3 is 10.1 Å². The zero-order valence-electron chi connectivity index (χ0n) is 17.0. The Balaban J connectivity index is 1.81. The first kappa shape index (κ1) is 21.2. The zero-order valence-corrected chi connectivity index (χ0v) is 17.8. The molecule has 2 amide bonds. The topological polar surface area (TPSA) is 99.3 Å². The van der Waals surface area contributed by atoms with Crippen LogP contribution in [0.4, 0.5) is 26.2 Å². The standard InChI is InChI=1S/C18H25FN4O5S/c1-18(2,3)28-17(25)23-8-6-7-13(23)16(24)20-12-10-15-14(9-11(12)19)21(4)29(26,27)22(15)5/h9-10,13H,6-8H2,1-5H3,(H,20,24)/t13-/m1/s1. The van der Waals surface area contributed by atoms with Gasteiger partial charge in [-0.3, -0.25) is 18.3 Å². The van der Waals surface area contributed by atoms with Gasteiger partial charge in [0.1, 0.15) is 17.5 Å². The van der Waals surface area contributed by atoms with Crippen LogP contribution in [0.3, 0.4) is 0 Å².